The smallest absolute Gasteiger partial charge is 0.132 e. The predicted octanol–water partition coefficient (Wildman–Crippen LogP) is 7.90. The maximum atomic E-state index is 14.8. The Labute approximate surface area is 193 Å². The molecule has 0 saturated heterocycles. The van der Waals surface area contributed by atoms with Crippen LogP contribution >= 0.6 is 0 Å². The number of nitrogens with one attached hydrogen (secondary N) is 1. The van der Waals surface area contributed by atoms with Gasteiger partial charge in [-0.05, 0) is 74.9 Å². The van der Waals surface area contributed by atoms with E-state index in [1.54, 1.807) is 13.1 Å². The summed E-state index contributed by atoms with van der Waals surface area (Å²) < 4.78 is 14.8. The van der Waals surface area contributed by atoms with Crippen molar-refractivity contribution in [2.75, 3.05) is 7.05 Å². The van der Waals surface area contributed by atoms with Gasteiger partial charge in [0.15, 0.2) is 0 Å². The standard InChI is InChI=1S/C29H37FN2/c1-8-10-14-21(4)26(19-22(5)28-24(9-2)15-12-17-27(28)30)29(31-7)32-23(6)25-16-11-13-20(3)18-25/h11-13,15-19H,6,8-10,14H2,1-5,7H3,(H,31,32)/b22-19+,26-21+. The summed E-state index contributed by atoms with van der Waals surface area (Å²) in [6.07, 6.45) is 6.02. The Morgan fingerprint density at radius 2 is 1.84 bits per heavy atom. The number of hydrogen-bond acceptors (Lipinski definition) is 1. The van der Waals surface area contributed by atoms with Gasteiger partial charge in [-0.25, -0.2) is 4.39 Å². The van der Waals surface area contributed by atoms with E-state index in [4.69, 9.17) is 0 Å². The highest BCUT2D eigenvalue weighted by Crippen LogP contribution is 2.26. The first-order valence-electron chi connectivity index (χ1n) is 11.5. The molecule has 0 unspecified atom stereocenters. The second kappa shape index (κ2) is 12.2. The Hall–Kier alpha value is -2.94. The molecule has 32 heavy (non-hydrogen) atoms. The molecule has 2 nitrogen and oxygen atoms in total. The molecule has 0 saturated carbocycles. The fraction of sp³-hybridized carbons (Fsp3) is 0.345. The molecule has 0 aliphatic heterocycles. The first-order valence-corrected chi connectivity index (χ1v) is 11.5. The number of aliphatic imine (C=N–C) groups is 1. The number of aryl methyl sites for hydroxylation is 2. The minimum absolute atomic E-state index is 0.184. The van der Waals surface area contributed by atoms with Crippen LogP contribution in [-0.2, 0) is 6.42 Å². The summed E-state index contributed by atoms with van der Waals surface area (Å²) in [5.74, 6) is 0.564. The molecule has 2 rings (SSSR count). The van der Waals surface area contributed by atoms with Crippen molar-refractivity contribution >= 4 is 17.1 Å². The van der Waals surface area contributed by atoms with Crippen LogP contribution in [0.25, 0.3) is 11.3 Å². The molecule has 0 heterocycles. The van der Waals surface area contributed by atoms with E-state index >= 15 is 0 Å². The van der Waals surface area contributed by atoms with Gasteiger partial charge in [0.25, 0.3) is 0 Å². The van der Waals surface area contributed by atoms with Gasteiger partial charge in [-0.2, -0.15) is 0 Å². The fourth-order valence-corrected chi connectivity index (χ4v) is 3.86. The van der Waals surface area contributed by atoms with Crippen molar-refractivity contribution in [3.8, 4) is 0 Å². The molecule has 0 atom stereocenters. The molecule has 0 bridgehead atoms. The van der Waals surface area contributed by atoms with E-state index in [1.165, 1.54) is 17.2 Å². The maximum absolute atomic E-state index is 14.8. The van der Waals surface area contributed by atoms with E-state index < -0.39 is 0 Å². The molecule has 170 valence electrons. The van der Waals surface area contributed by atoms with E-state index in [9.17, 15) is 4.39 Å². The topological polar surface area (TPSA) is 24.4 Å². The molecule has 3 heteroatoms. The quantitative estimate of drug-likeness (QED) is 0.243. The van der Waals surface area contributed by atoms with Gasteiger partial charge in [0.05, 0.1) is 0 Å². The van der Waals surface area contributed by atoms with Gasteiger partial charge in [0.1, 0.15) is 11.7 Å². The summed E-state index contributed by atoms with van der Waals surface area (Å²) in [4.78, 5) is 4.57. The molecule has 0 fully saturated rings. The average Bonchev–Trinajstić information content (AvgIpc) is 2.79. The lowest BCUT2D eigenvalue weighted by Crippen LogP contribution is -2.24. The Morgan fingerprint density at radius 1 is 1.12 bits per heavy atom. The van der Waals surface area contributed by atoms with Gasteiger partial charge in [0, 0.05) is 23.9 Å². The Balaban J connectivity index is 2.51. The van der Waals surface area contributed by atoms with Crippen LogP contribution in [-0.4, -0.2) is 12.9 Å². The number of nitrogens with zero attached hydrogens (tertiary/aromatic N) is 1. The summed E-state index contributed by atoms with van der Waals surface area (Å²) >= 11 is 0. The number of halogens is 1. The van der Waals surface area contributed by atoms with E-state index in [-0.39, 0.29) is 5.82 Å². The second-order valence-corrected chi connectivity index (χ2v) is 8.30. The minimum Gasteiger partial charge on any atom is -0.340 e. The van der Waals surface area contributed by atoms with E-state index in [0.717, 1.165) is 59.5 Å². The third kappa shape index (κ3) is 6.53. The SMILES string of the molecule is C=C(NC(=NC)C(/C=C(\C)c1c(F)cccc1CC)=C(\C)CCCC)c1cccc(C)c1. The Kier molecular flexibility index (Phi) is 9.64. The average molecular weight is 433 g/mol. The van der Waals surface area contributed by atoms with E-state index in [0.29, 0.717) is 5.56 Å². The van der Waals surface area contributed by atoms with Crippen LogP contribution in [0.3, 0.4) is 0 Å². The van der Waals surface area contributed by atoms with Gasteiger partial charge in [-0.1, -0.05) is 68.3 Å². The largest absolute Gasteiger partial charge is 0.340 e. The monoisotopic (exact) mass is 432 g/mol. The van der Waals surface area contributed by atoms with Crippen LogP contribution in [0.4, 0.5) is 4.39 Å². The third-order valence-electron chi connectivity index (χ3n) is 5.72. The second-order valence-electron chi connectivity index (χ2n) is 8.30. The van der Waals surface area contributed by atoms with Gasteiger partial charge in [0.2, 0.25) is 0 Å². The zero-order chi connectivity index (χ0) is 23.7. The van der Waals surface area contributed by atoms with Crippen molar-refractivity contribution in [2.24, 2.45) is 4.99 Å². The van der Waals surface area contributed by atoms with E-state index in [1.807, 2.05) is 25.1 Å². The Morgan fingerprint density at radius 3 is 2.47 bits per heavy atom. The third-order valence-corrected chi connectivity index (χ3v) is 5.72. The number of unbranched alkanes of at least 4 members (excludes halogenated alkanes) is 1. The molecule has 0 amide bonds. The van der Waals surface area contributed by atoms with Crippen molar-refractivity contribution < 1.29 is 4.39 Å². The summed E-state index contributed by atoms with van der Waals surface area (Å²) in [6.45, 7) is 14.7. The van der Waals surface area contributed by atoms with Gasteiger partial charge >= 0.3 is 0 Å². The lowest BCUT2D eigenvalue weighted by molar-refractivity contribution is 0.621. The van der Waals surface area contributed by atoms with Crippen LogP contribution in [0.15, 0.2) is 71.3 Å². The fourth-order valence-electron chi connectivity index (χ4n) is 3.86. The van der Waals surface area contributed by atoms with Crippen LogP contribution in [0.1, 0.15) is 69.2 Å². The highest BCUT2D eigenvalue weighted by Gasteiger charge is 2.14. The molecule has 0 radical (unpaired) electrons. The summed E-state index contributed by atoms with van der Waals surface area (Å²) in [5, 5.41) is 3.43. The molecule has 1 N–H and O–H groups in total. The summed E-state index contributed by atoms with van der Waals surface area (Å²) in [5.41, 5.74) is 7.82. The molecule has 0 spiro atoms. The lowest BCUT2D eigenvalue weighted by Gasteiger charge is -2.18. The minimum atomic E-state index is -0.184. The molecular weight excluding hydrogens is 395 g/mol. The van der Waals surface area contributed by atoms with Gasteiger partial charge in [-0.3, -0.25) is 4.99 Å². The first kappa shape index (κ1) is 25.3. The zero-order valence-electron chi connectivity index (χ0n) is 20.5. The van der Waals surface area contributed by atoms with Crippen LogP contribution in [0.5, 0.6) is 0 Å². The number of hydrogen-bond donors (Lipinski definition) is 1. The molecule has 0 aliphatic carbocycles. The van der Waals surface area contributed by atoms with Crippen molar-refractivity contribution in [1.29, 1.82) is 0 Å². The number of amidine groups is 1. The number of benzene rings is 2. The highest BCUT2D eigenvalue weighted by molar-refractivity contribution is 6.06. The molecule has 2 aromatic carbocycles. The van der Waals surface area contributed by atoms with Crippen LogP contribution < -0.4 is 5.32 Å². The van der Waals surface area contributed by atoms with Crippen molar-refractivity contribution in [3.63, 3.8) is 0 Å². The molecular formula is C29H37FN2. The number of allylic oxidation sites excluding steroid dienone is 2. The first-order chi connectivity index (χ1) is 15.3. The number of rotatable bonds is 9. The summed E-state index contributed by atoms with van der Waals surface area (Å²) in [6, 6.07) is 13.5. The lowest BCUT2D eigenvalue weighted by atomic mass is 9.94. The maximum Gasteiger partial charge on any atom is 0.132 e. The molecule has 2 aromatic rings. The van der Waals surface area contributed by atoms with Crippen LogP contribution in [0, 0.1) is 12.7 Å². The van der Waals surface area contributed by atoms with Crippen molar-refractivity contribution in [3.05, 3.63) is 94.3 Å². The zero-order valence-corrected chi connectivity index (χ0v) is 20.5. The highest BCUT2D eigenvalue weighted by atomic mass is 19.1. The van der Waals surface area contributed by atoms with Crippen molar-refractivity contribution in [2.45, 2.75) is 60.3 Å². The molecule has 0 aliphatic rings. The van der Waals surface area contributed by atoms with Crippen molar-refractivity contribution in [1.82, 2.24) is 5.32 Å². The van der Waals surface area contributed by atoms with Gasteiger partial charge < -0.3 is 5.32 Å². The van der Waals surface area contributed by atoms with E-state index in [2.05, 4.69) is 62.8 Å². The van der Waals surface area contributed by atoms with Crippen LogP contribution in [0.2, 0.25) is 0 Å². The molecule has 0 aromatic heterocycles. The van der Waals surface area contributed by atoms with Gasteiger partial charge in [-0.15, -0.1) is 0 Å². The normalized spacial score (nSPS) is 13.1. The summed E-state index contributed by atoms with van der Waals surface area (Å²) in [7, 11) is 1.78. The predicted molar refractivity (Wildman–Crippen MR) is 138 cm³/mol. The Bertz CT molecular complexity index is 1040.